The zero-order valence-corrected chi connectivity index (χ0v) is 26.2. The van der Waals surface area contributed by atoms with E-state index in [1.54, 1.807) is 0 Å². The Morgan fingerprint density at radius 1 is 0.824 bits per heavy atom. The van der Waals surface area contributed by atoms with Gasteiger partial charge in [0.05, 0.1) is 0 Å². The maximum absolute atomic E-state index is 4.36. The van der Waals surface area contributed by atoms with Crippen LogP contribution in [0.3, 0.4) is 0 Å². The Morgan fingerprint density at radius 2 is 1.32 bits per heavy atom. The Hall–Kier alpha value is -0.520. The van der Waals surface area contributed by atoms with Gasteiger partial charge in [-0.25, -0.2) is 0 Å². The SMILES string of the molecule is C=C(C)C1C(CC(C)(C)CC(C)C)CC(C)(C)CC1(C)C.C=C(C)C1CCC(C)(C)CC1(C)C. The van der Waals surface area contributed by atoms with E-state index in [0.29, 0.717) is 33.0 Å². The van der Waals surface area contributed by atoms with Crippen LogP contribution in [0, 0.1) is 50.7 Å². The third-order valence-electron chi connectivity index (χ3n) is 8.95. The average molecular weight is 473 g/mol. The lowest BCUT2D eigenvalue weighted by Crippen LogP contribution is -2.44. The monoisotopic (exact) mass is 473 g/mol. The minimum atomic E-state index is 0.381. The Balaban J connectivity index is 0.000000380. The van der Waals surface area contributed by atoms with Crippen molar-refractivity contribution in [3.63, 3.8) is 0 Å². The van der Waals surface area contributed by atoms with Gasteiger partial charge in [-0.3, -0.25) is 0 Å². The summed E-state index contributed by atoms with van der Waals surface area (Å²) in [5.74, 6) is 2.99. The molecule has 3 atom stereocenters. The molecule has 0 heterocycles. The lowest BCUT2D eigenvalue weighted by molar-refractivity contribution is -0.00439. The molecule has 2 saturated carbocycles. The zero-order chi connectivity index (χ0) is 26.9. The molecule has 0 spiro atoms. The summed E-state index contributed by atoms with van der Waals surface area (Å²) in [5.41, 5.74) is 5.06. The molecule has 0 aromatic rings. The van der Waals surface area contributed by atoms with Gasteiger partial charge in [-0.05, 0) is 110 Å². The zero-order valence-electron chi connectivity index (χ0n) is 26.2. The Bertz CT molecular complexity index is 694. The van der Waals surface area contributed by atoms with Gasteiger partial charge in [0.15, 0.2) is 0 Å². The van der Waals surface area contributed by atoms with E-state index >= 15 is 0 Å². The van der Waals surface area contributed by atoms with E-state index in [1.807, 2.05) is 0 Å². The standard InChI is InChI=1S/C21H40.C13H24/c1-15(2)11-19(5,6)12-17-13-20(7,8)14-21(9,10)18(17)16(3)4;1-10(2)11-7-8-12(3,4)9-13(11,5)6/h15,17-18H,3,11-14H2,1-2,4-10H3;11H,1,7-9H2,2-6H3. The normalized spacial score (nSPS) is 29.7. The van der Waals surface area contributed by atoms with Gasteiger partial charge in [-0.2, -0.15) is 0 Å². The second-order valence-electron chi connectivity index (χ2n) is 16.9. The summed E-state index contributed by atoms with van der Waals surface area (Å²) in [6, 6.07) is 0. The summed E-state index contributed by atoms with van der Waals surface area (Å²) in [4.78, 5) is 0. The lowest BCUT2D eigenvalue weighted by atomic mass is 9.52. The minimum absolute atomic E-state index is 0.381. The predicted octanol–water partition coefficient (Wildman–Crippen LogP) is 11.5. The van der Waals surface area contributed by atoms with Gasteiger partial charge in [0.2, 0.25) is 0 Å². The van der Waals surface area contributed by atoms with E-state index < -0.39 is 0 Å². The number of hydrogen-bond acceptors (Lipinski definition) is 0. The molecule has 0 bridgehead atoms. The van der Waals surface area contributed by atoms with Gasteiger partial charge in [-0.15, -0.1) is 0 Å². The van der Waals surface area contributed by atoms with Gasteiger partial charge in [0.1, 0.15) is 0 Å². The number of allylic oxidation sites excluding steroid dienone is 2. The van der Waals surface area contributed by atoms with E-state index in [2.05, 4.69) is 110 Å². The molecule has 34 heavy (non-hydrogen) atoms. The number of hydrogen-bond donors (Lipinski definition) is 0. The van der Waals surface area contributed by atoms with Crippen LogP contribution in [-0.2, 0) is 0 Å². The highest BCUT2D eigenvalue weighted by Crippen LogP contribution is 2.57. The summed E-state index contributed by atoms with van der Waals surface area (Å²) in [6.07, 6.45) is 9.36. The van der Waals surface area contributed by atoms with Crippen LogP contribution in [0.1, 0.15) is 142 Å². The van der Waals surface area contributed by atoms with Gasteiger partial charge < -0.3 is 0 Å². The van der Waals surface area contributed by atoms with Crippen LogP contribution < -0.4 is 0 Å². The van der Waals surface area contributed by atoms with Crippen LogP contribution in [0.4, 0.5) is 0 Å². The third-order valence-corrected chi connectivity index (χ3v) is 8.95. The van der Waals surface area contributed by atoms with Crippen molar-refractivity contribution in [3.05, 3.63) is 24.3 Å². The molecule has 0 amide bonds. The molecule has 2 fully saturated rings. The van der Waals surface area contributed by atoms with Crippen LogP contribution in [0.2, 0.25) is 0 Å². The van der Waals surface area contributed by atoms with Crippen molar-refractivity contribution in [2.45, 2.75) is 142 Å². The second kappa shape index (κ2) is 10.8. The van der Waals surface area contributed by atoms with Crippen molar-refractivity contribution in [3.8, 4) is 0 Å². The molecule has 0 aromatic heterocycles. The molecule has 0 saturated heterocycles. The molecule has 3 unspecified atom stereocenters. The predicted molar refractivity (Wildman–Crippen MR) is 156 cm³/mol. The van der Waals surface area contributed by atoms with Crippen molar-refractivity contribution in [2.75, 3.05) is 0 Å². The van der Waals surface area contributed by atoms with Crippen molar-refractivity contribution < 1.29 is 0 Å². The van der Waals surface area contributed by atoms with Gasteiger partial charge in [0, 0.05) is 0 Å². The van der Waals surface area contributed by atoms with E-state index in [1.165, 1.54) is 56.1 Å². The molecule has 2 aliphatic rings. The average Bonchev–Trinajstić information content (AvgIpc) is 2.47. The van der Waals surface area contributed by atoms with E-state index in [4.69, 9.17) is 0 Å². The van der Waals surface area contributed by atoms with Gasteiger partial charge >= 0.3 is 0 Å². The van der Waals surface area contributed by atoms with E-state index in [-0.39, 0.29) is 0 Å². The van der Waals surface area contributed by atoms with Crippen molar-refractivity contribution in [1.29, 1.82) is 0 Å². The van der Waals surface area contributed by atoms with E-state index in [0.717, 1.165) is 17.8 Å². The summed E-state index contributed by atoms with van der Waals surface area (Å²) in [5, 5.41) is 0. The molecule has 200 valence electrons. The van der Waals surface area contributed by atoms with Crippen molar-refractivity contribution in [2.24, 2.45) is 50.7 Å². The first-order chi connectivity index (χ1) is 15.0. The van der Waals surface area contributed by atoms with Gasteiger partial charge in [0.25, 0.3) is 0 Å². The van der Waals surface area contributed by atoms with Crippen molar-refractivity contribution in [1.82, 2.24) is 0 Å². The van der Waals surface area contributed by atoms with Gasteiger partial charge in [-0.1, -0.05) is 107 Å². The fraction of sp³-hybridized carbons (Fsp3) is 0.882. The third kappa shape index (κ3) is 9.17. The summed E-state index contributed by atoms with van der Waals surface area (Å²) >= 11 is 0. The molecule has 0 heteroatoms. The molecule has 0 aliphatic heterocycles. The van der Waals surface area contributed by atoms with Crippen LogP contribution in [-0.4, -0.2) is 0 Å². The first-order valence-electron chi connectivity index (χ1n) is 14.3. The minimum Gasteiger partial charge on any atom is -0.0998 e. The van der Waals surface area contributed by atoms with Crippen LogP contribution in [0.5, 0.6) is 0 Å². The molecular weight excluding hydrogens is 408 g/mol. The maximum Gasteiger partial charge on any atom is -0.0128 e. The molecule has 0 aromatic carbocycles. The largest absolute Gasteiger partial charge is 0.0998 e. The molecule has 0 N–H and O–H groups in total. The highest BCUT2D eigenvalue weighted by molar-refractivity contribution is 5.10. The lowest BCUT2D eigenvalue weighted by Gasteiger charge is -2.53. The fourth-order valence-corrected chi connectivity index (χ4v) is 9.32. The highest BCUT2D eigenvalue weighted by Gasteiger charge is 2.47. The number of rotatable bonds is 6. The second-order valence-corrected chi connectivity index (χ2v) is 16.9. The summed E-state index contributed by atoms with van der Waals surface area (Å²) < 4.78 is 0. The maximum atomic E-state index is 4.36. The Morgan fingerprint density at radius 3 is 1.74 bits per heavy atom. The molecule has 2 aliphatic carbocycles. The first kappa shape index (κ1) is 31.5. The summed E-state index contributed by atoms with van der Waals surface area (Å²) in [6.45, 7) is 42.0. The van der Waals surface area contributed by atoms with Crippen LogP contribution >= 0.6 is 0 Å². The Labute approximate surface area is 216 Å². The van der Waals surface area contributed by atoms with Crippen LogP contribution in [0.25, 0.3) is 0 Å². The Kier molecular flexibility index (Phi) is 10.1. The first-order valence-corrected chi connectivity index (χ1v) is 14.3. The molecule has 0 radical (unpaired) electrons. The summed E-state index contributed by atoms with van der Waals surface area (Å²) in [7, 11) is 0. The van der Waals surface area contributed by atoms with E-state index in [9.17, 15) is 0 Å². The molecule has 0 nitrogen and oxygen atoms in total. The topological polar surface area (TPSA) is 0 Å². The smallest absolute Gasteiger partial charge is 0.0128 e. The molecule has 2 rings (SSSR count). The highest BCUT2D eigenvalue weighted by atomic mass is 14.5. The fourth-order valence-electron chi connectivity index (χ4n) is 9.32. The quantitative estimate of drug-likeness (QED) is 0.337. The van der Waals surface area contributed by atoms with Crippen LogP contribution in [0.15, 0.2) is 24.3 Å². The molecular formula is C34H64. The van der Waals surface area contributed by atoms with Crippen molar-refractivity contribution >= 4 is 0 Å².